The molecule has 0 unspecified atom stereocenters. The summed E-state index contributed by atoms with van der Waals surface area (Å²) in [5.74, 6) is 0.128. The summed E-state index contributed by atoms with van der Waals surface area (Å²) in [5.41, 5.74) is 0. The van der Waals surface area contributed by atoms with Gasteiger partial charge in [-0.25, -0.2) is 5.01 Å². The third kappa shape index (κ3) is 2.70. The Balaban J connectivity index is 2.49. The molecule has 0 aromatic rings. The van der Waals surface area contributed by atoms with Gasteiger partial charge in [0.05, 0.1) is 0 Å². The second-order valence-corrected chi connectivity index (χ2v) is 2.81. The first-order valence-corrected chi connectivity index (χ1v) is 4.09. The number of hydrogen-bond acceptors (Lipinski definition) is 2. The number of hydrazone groups is 1. The molecule has 0 atom stereocenters. The molecule has 0 N–H and O–H groups in total. The van der Waals surface area contributed by atoms with Crippen LogP contribution in [0, 0.1) is 0 Å². The van der Waals surface area contributed by atoms with Gasteiger partial charge in [-0.1, -0.05) is 6.42 Å². The second kappa shape index (κ2) is 4.11. The van der Waals surface area contributed by atoms with Crippen molar-refractivity contribution in [1.82, 2.24) is 5.01 Å². The Morgan fingerprint density at radius 3 is 3.09 bits per heavy atom. The van der Waals surface area contributed by atoms with E-state index in [9.17, 15) is 4.79 Å². The van der Waals surface area contributed by atoms with Gasteiger partial charge in [0.2, 0.25) is 5.91 Å². The highest BCUT2D eigenvalue weighted by molar-refractivity contribution is 5.76. The quantitative estimate of drug-likeness (QED) is 0.519. The van der Waals surface area contributed by atoms with Gasteiger partial charge in [0.15, 0.2) is 0 Å². The summed E-state index contributed by atoms with van der Waals surface area (Å²) >= 11 is 0. The van der Waals surface area contributed by atoms with Gasteiger partial charge >= 0.3 is 0 Å². The molecule has 0 bridgehead atoms. The van der Waals surface area contributed by atoms with Crippen LogP contribution < -0.4 is 0 Å². The van der Waals surface area contributed by atoms with Crippen LogP contribution in [0.15, 0.2) is 5.10 Å². The van der Waals surface area contributed by atoms with Gasteiger partial charge in [0.25, 0.3) is 0 Å². The van der Waals surface area contributed by atoms with Crippen LogP contribution in [0.3, 0.4) is 0 Å². The lowest BCUT2D eigenvalue weighted by atomic mass is 10.1. The molecule has 0 fully saturated rings. The Morgan fingerprint density at radius 1 is 1.45 bits per heavy atom. The van der Waals surface area contributed by atoms with Crippen molar-refractivity contribution in [2.24, 2.45) is 5.10 Å². The molecule has 1 aliphatic rings. The summed E-state index contributed by atoms with van der Waals surface area (Å²) in [4.78, 5) is 11.1. The highest BCUT2D eigenvalue weighted by atomic mass is 16.2. The van der Waals surface area contributed by atoms with Crippen LogP contribution in [0.4, 0.5) is 0 Å². The van der Waals surface area contributed by atoms with Crippen LogP contribution in [0.25, 0.3) is 0 Å². The van der Waals surface area contributed by atoms with Crippen LogP contribution in [-0.4, -0.2) is 24.2 Å². The lowest BCUT2D eigenvalue weighted by Crippen LogP contribution is -2.20. The monoisotopic (exact) mass is 154 g/mol. The molecule has 0 aromatic carbocycles. The fourth-order valence-electron chi connectivity index (χ4n) is 1.10. The second-order valence-electron chi connectivity index (χ2n) is 2.81. The minimum absolute atomic E-state index is 0.128. The van der Waals surface area contributed by atoms with Crippen LogP contribution >= 0.6 is 0 Å². The Hall–Kier alpha value is -0.860. The predicted molar refractivity (Wildman–Crippen MR) is 44.3 cm³/mol. The molecule has 3 nitrogen and oxygen atoms in total. The summed E-state index contributed by atoms with van der Waals surface area (Å²) in [6.07, 6.45) is 6.78. The van der Waals surface area contributed by atoms with Crippen LogP contribution in [0.1, 0.15) is 32.1 Å². The SMILES string of the molecule is CN1/N=C\CCCCCC1=O. The Labute approximate surface area is 67.1 Å². The lowest BCUT2D eigenvalue weighted by Gasteiger charge is -2.08. The molecule has 0 saturated heterocycles. The first-order valence-electron chi connectivity index (χ1n) is 4.09. The largest absolute Gasteiger partial charge is 0.273 e. The molecular weight excluding hydrogens is 140 g/mol. The average Bonchev–Trinajstić information content (AvgIpc) is 2.07. The van der Waals surface area contributed by atoms with Gasteiger partial charge in [-0.05, 0) is 19.3 Å². The first kappa shape index (κ1) is 8.24. The van der Waals surface area contributed by atoms with Crippen molar-refractivity contribution < 1.29 is 4.79 Å². The molecule has 0 aromatic heterocycles. The van der Waals surface area contributed by atoms with Crippen molar-refractivity contribution in [3.8, 4) is 0 Å². The van der Waals surface area contributed by atoms with E-state index < -0.39 is 0 Å². The van der Waals surface area contributed by atoms with E-state index in [0.717, 1.165) is 25.7 Å². The van der Waals surface area contributed by atoms with Crippen molar-refractivity contribution in [3.63, 3.8) is 0 Å². The summed E-state index contributed by atoms with van der Waals surface area (Å²) < 4.78 is 0. The minimum Gasteiger partial charge on any atom is -0.273 e. The van der Waals surface area contributed by atoms with Crippen LogP contribution in [-0.2, 0) is 4.79 Å². The van der Waals surface area contributed by atoms with Gasteiger partial charge < -0.3 is 0 Å². The maximum Gasteiger partial charge on any atom is 0.242 e. The van der Waals surface area contributed by atoms with E-state index in [1.807, 2.05) is 6.21 Å². The van der Waals surface area contributed by atoms with Gasteiger partial charge in [-0.3, -0.25) is 4.79 Å². The molecule has 62 valence electrons. The summed E-state index contributed by atoms with van der Waals surface area (Å²) in [7, 11) is 1.71. The normalized spacial score (nSPS) is 23.7. The van der Waals surface area contributed by atoms with E-state index in [4.69, 9.17) is 0 Å². The molecule has 1 aliphatic heterocycles. The topological polar surface area (TPSA) is 32.7 Å². The van der Waals surface area contributed by atoms with Crippen LogP contribution in [0.2, 0.25) is 0 Å². The number of rotatable bonds is 0. The summed E-state index contributed by atoms with van der Waals surface area (Å²) in [6.45, 7) is 0. The molecule has 1 heterocycles. The van der Waals surface area contributed by atoms with E-state index in [1.54, 1.807) is 7.05 Å². The maximum atomic E-state index is 11.1. The third-order valence-electron chi connectivity index (χ3n) is 1.84. The van der Waals surface area contributed by atoms with Crippen molar-refractivity contribution in [1.29, 1.82) is 0 Å². The first-order chi connectivity index (χ1) is 5.30. The van der Waals surface area contributed by atoms with E-state index in [1.165, 1.54) is 5.01 Å². The molecule has 1 rings (SSSR count). The summed E-state index contributed by atoms with van der Waals surface area (Å²) in [5, 5.41) is 5.42. The number of carbonyl (C=O) groups is 1. The number of nitrogens with zero attached hydrogens (tertiary/aromatic N) is 2. The Morgan fingerprint density at radius 2 is 2.27 bits per heavy atom. The van der Waals surface area contributed by atoms with Crippen LogP contribution in [0.5, 0.6) is 0 Å². The highest BCUT2D eigenvalue weighted by Gasteiger charge is 2.06. The fraction of sp³-hybridized carbons (Fsp3) is 0.750. The van der Waals surface area contributed by atoms with Crippen molar-refractivity contribution >= 4 is 12.1 Å². The number of carbonyl (C=O) groups excluding carboxylic acids is 1. The highest BCUT2D eigenvalue weighted by Crippen LogP contribution is 2.06. The van der Waals surface area contributed by atoms with Crippen molar-refractivity contribution in [2.45, 2.75) is 32.1 Å². The number of amides is 1. The van der Waals surface area contributed by atoms with E-state index in [-0.39, 0.29) is 5.91 Å². The zero-order valence-electron chi connectivity index (χ0n) is 6.92. The molecule has 3 heteroatoms. The molecule has 1 amide bonds. The minimum atomic E-state index is 0.128. The summed E-state index contributed by atoms with van der Waals surface area (Å²) in [6, 6.07) is 0. The van der Waals surface area contributed by atoms with Gasteiger partial charge in [-0.2, -0.15) is 5.10 Å². The van der Waals surface area contributed by atoms with E-state index in [2.05, 4.69) is 5.10 Å². The molecule has 0 aliphatic carbocycles. The Bertz CT molecular complexity index is 165. The van der Waals surface area contributed by atoms with Gasteiger partial charge in [-0.15, -0.1) is 0 Å². The molecule has 0 radical (unpaired) electrons. The zero-order chi connectivity index (χ0) is 8.10. The van der Waals surface area contributed by atoms with Crippen molar-refractivity contribution in [3.05, 3.63) is 0 Å². The van der Waals surface area contributed by atoms with Crippen molar-refractivity contribution in [2.75, 3.05) is 7.05 Å². The van der Waals surface area contributed by atoms with Gasteiger partial charge in [0.1, 0.15) is 0 Å². The van der Waals surface area contributed by atoms with E-state index in [0.29, 0.717) is 6.42 Å². The maximum absolute atomic E-state index is 11.1. The molecule has 0 saturated carbocycles. The average molecular weight is 154 g/mol. The lowest BCUT2D eigenvalue weighted by molar-refractivity contribution is -0.129. The van der Waals surface area contributed by atoms with Gasteiger partial charge in [0, 0.05) is 19.7 Å². The third-order valence-corrected chi connectivity index (χ3v) is 1.84. The Kier molecular flexibility index (Phi) is 3.08. The molecule has 0 spiro atoms. The molecule has 11 heavy (non-hydrogen) atoms. The number of hydrogen-bond donors (Lipinski definition) is 0. The molecular formula is C8H14N2O. The van der Waals surface area contributed by atoms with E-state index >= 15 is 0 Å². The standard InChI is InChI=1S/C8H14N2O/c1-10-8(11)6-4-2-3-5-7-9-10/h7H,2-6H2,1H3/b9-7-. The smallest absolute Gasteiger partial charge is 0.242 e. The zero-order valence-corrected chi connectivity index (χ0v) is 6.92. The fourth-order valence-corrected chi connectivity index (χ4v) is 1.10. The predicted octanol–water partition coefficient (Wildman–Crippen LogP) is 1.39.